The van der Waals surface area contributed by atoms with E-state index >= 15 is 0 Å². The number of carboxylic acid groups (broad SMARTS) is 1. The minimum Gasteiger partial charge on any atom is -0.480 e. The molecule has 1 atom stereocenters. The minimum absolute atomic E-state index is 0.292. The standard InChI is InChI=1S/C14H17N3O8S/c1-14(2,3)25-13(20)15-8(12(18)19)7-26-11-9(16(21)22)5-4-6-10(11)17(23)24/h4-6,8H,7H2,1-3H3,(H,15,20)(H,18,19). The lowest BCUT2D eigenvalue weighted by Gasteiger charge is -2.21. The van der Waals surface area contributed by atoms with E-state index in [1.165, 1.54) is 0 Å². The Hall–Kier alpha value is -2.89. The first-order valence-electron chi connectivity index (χ1n) is 7.19. The molecule has 11 nitrogen and oxygen atoms in total. The lowest BCUT2D eigenvalue weighted by atomic mass is 10.2. The predicted molar refractivity (Wildman–Crippen MR) is 91.3 cm³/mol. The van der Waals surface area contributed by atoms with Crippen molar-refractivity contribution in [2.75, 3.05) is 5.75 Å². The molecular weight excluding hydrogens is 370 g/mol. The molecule has 0 aliphatic carbocycles. The molecular formula is C14H17N3O8S. The van der Waals surface area contributed by atoms with Crippen LogP contribution in [0.5, 0.6) is 0 Å². The van der Waals surface area contributed by atoms with Gasteiger partial charge in [-0.2, -0.15) is 0 Å². The number of benzene rings is 1. The molecule has 0 spiro atoms. The molecule has 1 aromatic carbocycles. The number of rotatable bonds is 7. The van der Waals surface area contributed by atoms with Crippen molar-refractivity contribution < 1.29 is 29.3 Å². The number of alkyl carbamates (subject to hydrolysis) is 1. The van der Waals surface area contributed by atoms with Crippen LogP contribution in [-0.4, -0.2) is 44.4 Å². The number of carboxylic acids is 1. The molecule has 0 aromatic heterocycles. The van der Waals surface area contributed by atoms with Crippen molar-refractivity contribution in [1.29, 1.82) is 0 Å². The summed E-state index contributed by atoms with van der Waals surface area (Å²) in [5.41, 5.74) is -1.90. The summed E-state index contributed by atoms with van der Waals surface area (Å²) in [4.78, 5) is 43.3. The topological polar surface area (TPSA) is 162 Å². The number of amides is 1. The van der Waals surface area contributed by atoms with Gasteiger partial charge in [-0.25, -0.2) is 9.59 Å². The number of carbonyl (C=O) groups is 2. The van der Waals surface area contributed by atoms with E-state index in [-0.39, 0.29) is 10.6 Å². The highest BCUT2D eigenvalue weighted by molar-refractivity contribution is 7.99. The quantitative estimate of drug-likeness (QED) is 0.406. The third kappa shape index (κ3) is 6.20. The van der Waals surface area contributed by atoms with Crippen molar-refractivity contribution in [2.24, 2.45) is 0 Å². The molecule has 0 heterocycles. The predicted octanol–water partition coefficient (Wildman–Crippen LogP) is 2.57. The molecule has 1 unspecified atom stereocenters. The summed E-state index contributed by atoms with van der Waals surface area (Å²) in [7, 11) is 0. The maximum Gasteiger partial charge on any atom is 0.408 e. The molecule has 0 saturated carbocycles. The Balaban J connectivity index is 3.00. The molecule has 0 bridgehead atoms. The van der Waals surface area contributed by atoms with E-state index < -0.39 is 44.9 Å². The van der Waals surface area contributed by atoms with Gasteiger partial charge in [0, 0.05) is 17.9 Å². The molecule has 0 radical (unpaired) electrons. The number of thioether (sulfide) groups is 1. The SMILES string of the molecule is CC(C)(C)OC(=O)NC(CSc1c([N+](=O)[O-])cccc1[N+](=O)[O-])C(=O)O. The highest BCUT2D eigenvalue weighted by Crippen LogP contribution is 2.37. The molecule has 1 aromatic rings. The summed E-state index contributed by atoms with van der Waals surface area (Å²) in [6.07, 6.45) is -0.984. The number of hydrogen-bond donors (Lipinski definition) is 2. The number of aliphatic carboxylic acids is 1. The van der Waals surface area contributed by atoms with Gasteiger partial charge in [0.1, 0.15) is 11.6 Å². The van der Waals surface area contributed by atoms with Gasteiger partial charge in [-0.15, -0.1) is 11.8 Å². The van der Waals surface area contributed by atoms with Gasteiger partial charge in [0.05, 0.1) is 9.85 Å². The van der Waals surface area contributed by atoms with Crippen molar-refractivity contribution in [2.45, 2.75) is 37.3 Å². The molecule has 0 saturated heterocycles. The smallest absolute Gasteiger partial charge is 0.408 e. The second kappa shape index (κ2) is 8.47. The third-order valence-electron chi connectivity index (χ3n) is 2.75. The van der Waals surface area contributed by atoms with E-state index in [9.17, 15) is 34.9 Å². The first-order valence-corrected chi connectivity index (χ1v) is 8.18. The number of ether oxygens (including phenoxy) is 1. The first kappa shape index (κ1) is 21.2. The Morgan fingerprint density at radius 2 is 1.73 bits per heavy atom. The number of nitrogens with zero attached hydrogens (tertiary/aromatic N) is 2. The third-order valence-corrected chi connectivity index (χ3v) is 3.96. The van der Waals surface area contributed by atoms with Gasteiger partial charge < -0.3 is 15.2 Å². The number of nitro groups is 2. The minimum atomic E-state index is -1.46. The van der Waals surface area contributed by atoms with Gasteiger partial charge in [0.2, 0.25) is 0 Å². The summed E-state index contributed by atoms with van der Waals surface area (Å²) in [6, 6.07) is 1.85. The zero-order valence-electron chi connectivity index (χ0n) is 14.1. The Bertz CT molecular complexity index is 699. The molecule has 1 amide bonds. The fourth-order valence-corrected chi connectivity index (χ4v) is 2.88. The van der Waals surface area contributed by atoms with Crippen LogP contribution in [0.1, 0.15) is 20.8 Å². The second-order valence-corrected chi connectivity index (χ2v) is 7.02. The average molecular weight is 387 g/mol. The Kier molecular flexibility index (Phi) is 6.89. The zero-order valence-corrected chi connectivity index (χ0v) is 14.9. The van der Waals surface area contributed by atoms with Crippen LogP contribution < -0.4 is 5.32 Å². The van der Waals surface area contributed by atoms with Gasteiger partial charge in [0.25, 0.3) is 11.4 Å². The summed E-state index contributed by atoms with van der Waals surface area (Å²) in [5, 5.41) is 33.5. The van der Waals surface area contributed by atoms with Crippen LogP contribution in [0.25, 0.3) is 0 Å². The molecule has 0 aliphatic heterocycles. The average Bonchev–Trinajstić information content (AvgIpc) is 2.48. The molecule has 0 aliphatic rings. The monoisotopic (exact) mass is 387 g/mol. The molecule has 1 rings (SSSR count). The summed E-state index contributed by atoms with van der Waals surface area (Å²) >= 11 is 0.592. The Labute approximate surface area is 152 Å². The van der Waals surface area contributed by atoms with E-state index in [2.05, 4.69) is 5.32 Å². The van der Waals surface area contributed by atoms with Crippen LogP contribution in [0.2, 0.25) is 0 Å². The van der Waals surface area contributed by atoms with Crippen LogP contribution in [-0.2, 0) is 9.53 Å². The van der Waals surface area contributed by atoms with Crippen LogP contribution in [0.3, 0.4) is 0 Å². The highest BCUT2D eigenvalue weighted by atomic mass is 32.2. The van der Waals surface area contributed by atoms with Crippen LogP contribution in [0.15, 0.2) is 23.1 Å². The maximum absolute atomic E-state index is 11.7. The first-order chi connectivity index (χ1) is 11.9. The van der Waals surface area contributed by atoms with Crippen molar-refractivity contribution in [1.82, 2.24) is 5.32 Å². The fourth-order valence-electron chi connectivity index (χ4n) is 1.74. The van der Waals surface area contributed by atoms with Crippen LogP contribution in [0.4, 0.5) is 16.2 Å². The van der Waals surface area contributed by atoms with Gasteiger partial charge in [-0.1, -0.05) is 0 Å². The van der Waals surface area contributed by atoms with Crippen molar-refractivity contribution in [3.8, 4) is 0 Å². The summed E-state index contributed by atoms with van der Waals surface area (Å²) < 4.78 is 4.96. The van der Waals surface area contributed by atoms with Crippen molar-refractivity contribution in [3.05, 3.63) is 38.4 Å². The number of nitro benzene ring substituents is 2. The number of carbonyl (C=O) groups excluding carboxylic acids is 1. The van der Waals surface area contributed by atoms with Gasteiger partial charge >= 0.3 is 12.1 Å². The van der Waals surface area contributed by atoms with Crippen LogP contribution >= 0.6 is 11.8 Å². The molecule has 12 heteroatoms. The largest absolute Gasteiger partial charge is 0.480 e. The fraction of sp³-hybridized carbons (Fsp3) is 0.429. The van der Waals surface area contributed by atoms with E-state index in [0.29, 0.717) is 11.8 Å². The molecule has 2 N–H and O–H groups in total. The van der Waals surface area contributed by atoms with E-state index in [4.69, 9.17) is 4.74 Å². The lowest BCUT2D eigenvalue weighted by Crippen LogP contribution is -2.44. The van der Waals surface area contributed by atoms with E-state index in [1.807, 2.05) is 0 Å². The Morgan fingerprint density at radius 1 is 1.23 bits per heavy atom. The van der Waals surface area contributed by atoms with Gasteiger partial charge in [-0.05, 0) is 26.8 Å². The summed E-state index contributed by atoms with van der Waals surface area (Å²) in [5.74, 6) is -1.79. The lowest BCUT2D eigenvalue weighted by molar-refractivity contribution is -0.399. The van der Waals surface area contributed by atoms with Gasteiger partial charge in [-0.3, -0.25) is 20.2 Å². The van der Waals surface area contributed by atoms with Crippen molar-refractivity contribution >= 4 is 35.2 Å². The maximum atomic E-state index is 11.7. The normalized spacial score (nSPS) is 12.1. The molecule has 142 valence electrons. The Morgan fingerprint density at radius 3 is 2.12 bits per heavy atom. The second-order valence-electron chi connectivity index (χ2n) is 5.99. The number of nitrogens with one attached hydrogen (secondary N) is 1. The van der Waals surface area contributed by atoms with E-state index in [0.717, 1.165) is 18.2 Å². The van der Waals surface area contributed by atoms with Crippen molar-refractivity contribution in [3.63, 3.8) is 0 Å². The highest BCUT2D eigenvalue weighted by Gasteiger charge is 2.29. The van der Waals surface area contributed by atoms with Crippen LogP contribution in [0, 0.1) is 20.2 Å². The number of hydrogen-bond acceptors (Lipinski definition) is 8. The summed E-state index contributed by atoms with van der Waals surface area (Å²) in [6.45, 7) is 4.77. The molecule has 26 heavy (non-hydrogen) atoms. The van der Waals surface area contributed by atoms with Gasteiger partial charge in [0.15, 0.2) is 4.90 Å². The van der Waals surface area contributed by atoms with E-state index in [1.54, 1.807) is 20.8 Å². The zero-order chi connectivity index (χ0) is 20.1. The molecule has 0 fully saturated rings.